The predicted octanol–water partition coefficient (Wildman–Crippen LogP) is 0.383. The summed E-state index contributed by atoms with van der Waals surface area (Å²) in [6.07, 6.45) is 2.36. The van der Waals surface area contributed by atoms with Gasteiger partial charge < -0.3 is 5.11 Å². The third kappa shape index (κ3) is 2.33. The Labute approximate surface area is 71.5 Å². The fraction of sp³-hybridized carbons (Fsp3) is 0.333. The van der Waals surface area contributed by atoms with Gasteiger partial charge in [0.25, 0.3) is 0 Å². The molecule has 0 bridgehead atoms. The zero-order valence-corrected chi connectivity index (χ0v) is 6.91. The van der Waals surface area contributed by atoms with Crippen molar-refractivity contribution in [1.29, 1.82) is 0 Å². The topological polar surface area (TPSA) is 46.0 Å². The highest BCUT2D eigenvalue weighted by atomic mass is 16.2. The summed E-state index contributed by atoms with van der Waals surface area (Å²) in [5.74, 6) is 5.25. The van der Waals surface area contributed by atoms with E-state index in [9.17, 15) is 0 Å². The Bertz CT molecular complexity index is 312. The molecule has 0 atom stereocenters. The largest absolute Gasteiger partial charge is 0.384 e. The smallest absolute Gasteiger partial charge is 0.117 e. The molecule has 0 amide bonds. The van der Waals surface area contributed by atoms with Crippen molar-refractivity contribution in [2.24, 2.45) is 0 Å². The molecule has 3 heteroatoms. The molecule has 1 aromatic heterocycles. The van der Waals surface area contributed by atoms with Crippen molar-refractivity contribution in [1.82, 2.24) is 9.97 Å². The highest BCUT2D eigenvalue weighted by Crippen LogP contribution is 1.96. The minimum absolute atomic E-state index is 0.133. The quantitative estimate of drug-likeness (QED) is 0.607. The van der Waals surface area contributed by atoms with Gasteiger partial charge in [-0.05, 0) is 18.4 Å². The van der Waals surface area contributed by atoms with E-state index in [4.69, 9.17) is 5.11 Å². The van der Waals surface area contributed by atoms with Crippen LogP contribution in [0.4, 0.5) is 0 Å². The molecular formula is C9H10N2O. The van der Waals surface area contributed by atoms with Crippen molar-refractivity contribution in [3.05, 3.63) is 23.8 Å². The molecule has 0 saturated carbocycles. The van der Waals surface area contributed by atoms with Crippen LogP contribution in [0.15, 0.2) is 12.4 Å². The Morgan fingerprint density at radius 1 is 1.50 bits per heavy atom. The maximum absolute atomic E-state index is 8.44. The lowest BCUT2D eigenvalue weighted by Gasteiger charge is -1.93. The molecule has 62 valence electrons. The summed E-state index contributed by atoms with van der Waals surface area (Å²) in [6, 6.07) is 1.82. The second kappa shape index (κ2) is 4.47. The first-order valence-corrected chi connectivity index (χ1v) is 3.77. The fourth-order valence-electron chi connectivity index (χ4n) is 0.789. The van der Waals surface area contributed by atoms with E-state index in [1.54, 1.807) is 0 Å². The molecular weight excluding hydrogens is 152 g/mol. The van der Waals surface area contributed by atoms with E-state index in [-0.39, 0.29) is 6.61 Å². The van der Waals surface area contributed by atoms with Crippen molar-refractivity contribution in [2.45, 2.75) is 13.3 Å². The molecule has 0 saturated heterocycles. The molecule has 0 fully saturated rings. The van der Waals surface area contributed by atoms with Crippen molar-refractivity contribution in [3.8, 4) is 11.8 Å². The number of hydrogen-bond donors (Lipinski definition) is 1. The van der Waals surface area contributed by atoms with Gasteiger partial charge in [-0.1, -0.05) is 12.8 Å². The molecule has 3 nitrogen and oxygen atoms in total. The first-order chi connectivity index (χ1) is 5.86. The first kappa shape index (κ1) is 8.69. The van der Waals surface area contributed by atoms with Crippen molar-refractivity contribution in [3.63, 3.8) is 0 Å². The normalized spacial score (nSPS) is 8.83. The van der Waals surface area contributed by atoms with Gasteiger partial charge in [-0.25, -0.2) is 9.97 Å². The van der Waals surface area contributed by atoms with Gasteiger partial charge in [0.05, 0.1) is 0 Å². The van der Waals surface area contributed by atoms with E-state index in [2.05, 4.69) is 21.8 Å². The Morgan fingerprint density at radius 2 is 2.33 bits per heavy atom. The zero-order valence-electron chi connectivity index (χ0n) is 6.91. The third-order valence-corrected chi connectivity index (χ3v) is 1.38. The third-order valence-electron chi connectivity index (χ3n) is 1.38. The number of rotatable bonds is 1. The highest BCUT2D eigenvalue weighted by molar-refractivity contribution is 5.27. The second-order valence-electron chi connectivity index (χ2n) is 2.21. The van der Waals surface area contributed by atoms with Crippen molar-refractivity contribution < 1.29 is 5.11 Å². The van der Waals surface area contributed by atoms with Crippen LogP contribution in [0.25, 0.3) is 0 Å². The summed E-state index contributed by atoms with van der Waals surface area (Å²) in [5.41, 5.74) is 1.63. The molecule has 1 heterocycles. The average molecular weight is 162 g/mol. The number of hydrogen-bond acceptors (Lipinski definition) is 3. The monoisotopic (exact) mass is 162 g/mol. The van der Waals surface area contributed by atoms with Crippen LogP contribution in [0.3, 0.4) is 0 Å². The van der Waals surface area contributed by atoms with Crippen LogP contribution < -0.4 is 0 Å². The summed E-state index contributed by atoms with van der Waals surface area (Å²) in [5, 5.41) is 8.44. The van der Waals surface area contributed by atoms with E-state index < -0.39 is 0 Å². The number of aromatic nitrogens is 2. The van der Waals surface area contributed by atoms with Gasteiger partial charge in [-0.3, -0.25) is 0 Å². The van der Waals surface area contributed by atoms with Crippen molar-refractivity contribution in [2.75, 3.05) is 6.61 Å². The molecule has 0 aromatic carbocycles. The van der Waals surface area contributed by atoms with Gasteiger partial charge >= 0.3 is 0 Å². The standard InChI is InChI=1S/C9H10N2O/c1-2-8-6-9(4-3-5-12)11-7-10-8/h6-7,12H,2,5H2,1H3. The van der Waals surface area contributed by atoms with Crippen LogP contribution in [-0.4, -0.2) is 21.7 Å². The number of aliphatic hydroxyl groups is 1. The van der Waals surface area contributed by atoms with E-state index in [1.165, 1.54) is 6.33 Å². The summed E-state index contributed by atoms with van der Waals surface area (Å²) >= 11 is 0. The number of aliphatic hydroxyl groups excluding tert-OH is 1. The molecule has 0 aliphatic heterocycles. The SMILES string of the molecule is CCc1cc(C#CCO)ncn1. The highest BCUT2D eigenvalue weighted by Gasteiger charge is 1.91. The lowest BCUT2D eigenvalue weighted by Crippen LogP contribution is -1.91. The van der Waals surface area contributed by atoms with Gasteiger partial charge in [0, 0.05) is 5.69 Å². The van der Waals surface area contributed by atoms with Gasteiger partial charge in [0.15, 0.2) is 0 Å². The van der Waals surface area contributed by atoms with Gasteiger partial charge in [-0.2, -0.15) is 0 Å². The molecule has 0 unspecified atom stereocenters. The molecule has 1 aromatic rings. The molecule has 0 aliphatic rings. The number of nitrogens with zero attached hydrogens (tertiary/aromatic N) is 2. The Hall–Kier alpha value is -1.40. The molecule has 0 aliphatic carbocycles. The van der Waals surface area contributed by atoms with Crippen LogP contribution in [-0.2, 0) is 6.42 Å². The molecule has 0 spiro atoms. The van der Waals surface area contributed by atoms with Crippen LogP contribution >= 0.6 is 0 Å². The van der Waals surface area contributed by atoms with E-state index in [0.717, 1.165) is 12.1 Å². The summed E-state index contributed by atoms with van der Waals surface area (Å²) in [7, 11) is 0. The van der Waals surface area contributed by atoms with Crippen LogP contribution in [0.5, 0.6) is 0 Å². The Kier molecular flexibility index (Phi) is 3.24. The fourth-order valence-corrected chi connectivity index (χ4v) is 0.789. The minimum Gasteiger partial charge on any atom is -0.384 e. The van der Waals surface area contributed by atoms with Crippen molar-refractivity contribution >= 4 is 0 Å². The zero-order chi connectivity index (χ0) is 8.81. The molecule has 1 rings (SSSR count). The first-order valence-electron chi connectivity index (χ1n) is 3.77. The summed E-state index contributed by atoms with van der Waals surface area (Å²) in [4.78, 5) is 7.95. The summed E-state index contributed by atoms with van der Waals surface area (Å²) < 4.78 is 0. The van der Waals surface area contributed by atoms with E-state index in [1.807, 2.05) is 13.0 Å². The number of aryl methyl sites for hydroxylation is 1. The maximum Gasteiger partial charge on any atom is 0.117 e. The predicted molar refractivity (Wildman–Crippen MR) is 45.4 cm³/mol. The second-order valence-corrected chi connectivity index (χ2v) is 2.21. The Morgan fingerprint density at radius 3 is 3.00 bits per heavy atom. The maximum atomic E-state index is 8.44. The lowest BCUT2D eigenvalue weighted by atomic mass is 10.3. The van der Waals surface area contributed by atoms with Crippen LogP contribution in [0.1, 0.15) is 18.3 Å². The van der Waals surface area contributed by atoms with Gasteiger partial charge in [0.1, 0.15) is 18.6 Å². The van der Waals surface area contributed by atoms with Crippen LogP contribution in [0, 0.1) is 11.8 Å². The molecule has 12 heavy (non-hydrogen) atoms. The lowest BCUT2D eigenvalue weighted by molar-refractivity contribution is 0.350. The average Bonchev–Trinajstić information content (AvgIpc) is 2.15. The molecule has 1 N–H and O–H groups in total. The summed E-state index contributed by atoms with van der Waals surface area (Å²) in [6.45, 7) is 1.89. The van der Waals surface area contributed by atoms with Crippen LogP contribution in [0.2, 0.25) is 0 Å². The van der Waals surface area contributed by atoms with E-state index in [0.29, 0.717) is 5.69 Å². The molecule has 0 radical (unpaired) electrons. The van der Waals surface area contributed by atoms with E-state index >= 15 is 0 Å². The minimum atomic E-state index is -0.133. The van der Waals surface area contributed by atoms with Gasteiger partial charge in [-0.15, -0.1) is 0 Å². The Balaban J connectivity index is 2.86. The van der Waals surface area contributed by atoms with Gasteiger partial charge in [0.2, 0.25) is 0 Å².